The van der Waals surface area contributed by atoms with Crippen LogP contribution < -0.4 is 157 Å². The Bertz CT molecular complexity index is 80.6. The van der Waals surface area contributed by atoms with Crippen molar-refractivity contribution in [3.05, 3.63) is 0 Å². The molecule has 0 saturated carbocycles. The van der Waals surface area contributed by atoms with Gasteiger partial charge < -0.3 is 51.5 Å². The van der Waals surface area contributed by atoms with Crippen LogP contribution in [0.25, 0.3) is 0 Å². The Morgan fingerprint density at radius 2 is 0.238 bits per heavy atom. The molecule has 15 nitrogen and oxygen atoms in total. The van der Waals surface area contributed by atoms with Crippen LogP contribution in [-0.2, 0) is 22.4 Å². The summed E-state index contributed by atoms with van der Waals surface area (Å²) in [7, 11) is 0. The van der Waals surface area contributed by atoms with Crippen LogP contribution in [0.5, 0.6) is 0 Å². The third-order valence-corrected chi connectivity index (χ3v) is 0. The molecule has 0 unspecified atom stereocenters. The van der Waals surface area contributed by atoms with Crippen molar-refractivity contribution in [2.24, 2.45) is 0 Å². The van der Waals surface area contributed by atoms with E-state index in [2.05, 4.69) is 0 Å². The van der Waals surface area contributed by atoms with Gasteiger partial charge in [-0.2, -0.15) is 0 Å². The Labute approximate surface area is 176 Å². The van der Waals surface area contributed by atoms with Crippen molar-refractivity contribution >= 4 is 0 Å². The monoisotopic (exact) mass is 1060 g/mol. The van der Waals surface area contributed by atoms with Gasteiger partial charge in [0.05, 0.1) is 0 Å². The standard InChI is InChI=1S/5IO3.Ta/c5*2-1(3)4;/q5*-1;+5. The SMILES string of the molecule is [O-][I+2]([O-])[O-].[O-][I+2]([O-])[O-].[O-][I+2]([O-])[O-].[O-][I+2]([O-])[O-].[O-][I+2]([O-])[O-].[Ta+5]. The van der Waals surface area contributed by atoms with Crippen LogP contribution in [0.15, 0.2) is 0 Å². The fourth-order valence-corrected chi connectivity index (χ4v) is 0. The van der Waals surface area contributed by atoms with Crippen LogP contribution in [-0.4, -0.2) is 0 Å². The van der Waals surface area contributed by atoms with Crippen molar-refractivity contribution in [3.63, 3.8) is 0 Å². The van der Waals surface area contributed by atoms with Crippen LogP contribution in [0.3, 0.4) is 0 Å². The largest absolute Gasteiger partial charge is 5.00 e. The molecule has 0 aliphatic rings. The quantitative estimate of drug-likeness (QED) is 0.203. The van der Waals surface area contributed by atoms with E-state index in [0.717, 1.165) is 0 Å². The topological polar surface area (TPSA) is 346 Å². The van der Waals surface area contributed by atoms with Gasteiger partial charge in [0, 0.05) is 0 Å². The van der Waals surface area contributed by atoms with Crippen LogP contribution >= 0.6 is 0 Å². The molecule has 0 aliphatic heterocycles. The van der Waals surface area contributed by atoms with Crippen molar-refractivity contribution in [3.8, 4) is 0 Å². The van der Waals surface area contributed by atoms with Gasteiger partial charge in [-0.05, 0) is 0 Å². The summed E-state index contributed by atoms with van der Waals surface area (Å²) in [5.41, 5.74) is 0. The summed E-state index contributed by atoms with van der Waals surface area (Å²) in [5, 5.41) is 0. The van der Waals surface area contributed by atoms with Crippen molar-refractivity contribution in [1.82, 2.24) is 0 Å². The Balaban J connectivity index is -0.0000000331. The first-order chi connectivity index (χ1) is 8.66. The zero-order valence-electron chi connectivity index (χ0n) is 8.46. The second-order valence-electron chi connectivity index (χ2n) is 0.945. The summed E-state index contributed by atoms with van der Waals surface area (Å²) in [6, 6.07) is 0. The third kappa shape index (κ3) is 786. The smallest absolute Gasteiger partial charge is 0.427 e. The predicted octanol–water partition coefficient (Wildman–Crippen LogP) is -32.8. The fourth-order valence-electron chi connectivity index (χ4n) is 0. The van der Waals surface area contributed by atoms with Gasteiger partial charge in [0.2, 0.25) is 0 Å². The van der Waals surface area contributed by atoms with E-state index in [9.17, 15) is 0 Å². The second-order valence-corrected chi connectivity index (χ2v) is 6.34. The third-order valence-electron chi connectivity index (χ3n) is 0. The van der Waals surface area contributed by atoms with Crippen LogP contribution in [0, 0.1) is 0 Å². The summed E-state index contributed by atoms with van der Waals surface area (Å²) in [5.74, 6) is 0. The Morgan fingerprint density at radius 1 is 0.238 bits per heavy atom. The van der Waals surface area contributed by atoms with E-state index in [1.54, 1.807) is 0 Å². The van der Waals surface area contributed by atoms with E-state index in [1.807, 2.05) is 0 Å². The summed E-state index contributed by atoms with van der Waals surface area (Å²) < 4.78 is 129. The van der Waals surface area contributed by atoms with Crippen LogP contribution in [0.4, 0.5) is 0 Å². The average molecular weight is 1060 g/mol. The normalized spacial score (nSPS) is 8.57. The van der Waals surface area contributed by atoms with E-state index in [4.69, 9.17) is 51.5 Å². The molecule has 0 bridgehead atoms. The van der Waals surface area contributed by atoms with Crippen molar-refractivity contribution in [2.45, 2.75) is 0 Å². The number of rotatable bonds is 0. The minimum Gasteiger partial charge on any atom is -0.427 e. The molecule has 0 saturated heterocycles. The minimum absolute atomic E-state index is 0. The maximum absolute atomic E-state index is 8.57. The molecule has 0 heterocycles. The first-order valence-corrected chi connectivity index (χ1v) is 15.5. The van der Waals surface area contributed by atoms with Crippen LogP contribution in [0.2, 0.25) is 0 Å². The molecule has 0 fully saturated rings. The Hall–Kier alpha value is 3.79. The molecule has 0 aromatic heterocycles. The van der Waals surface area contributed by atoms with Crippen molar-refractivity contribution in [1.29, 1.82) is 0 Å². The summed E-state index contributed by atoms with van der Waals surface area (Å²) in [6.45, 7) is 0. The van der Waals surface area contributed by atoms with Gasteiger partial charge in [-0.3, -0.25) is 0 Å². The molecular formula is I5O15Ta. The molecule has 130 valence electrons. The van der Waals surface area contributed by atoms with Crippen LogP contribution in [0.1, 0.15) is 0 Å². The molecule has 0 amide bonds. The summed E-state index contributed by atoms with van der Waals surface area (Å²) in [6.07, 6.45) is 0. The zero-order valence-corrected chi connectivity index (χ0v) is 22.5. The molecule has 0 aromatic rings. The molecule has 0 N–H and O–H groups in total. The molecular weight excluding hydrogens is 1060 g/mol. The molecule has 0 radical (unpaired) electrons. The maximum Gasteiger partial charge on any atom is 5.00 e. The molecule has 21 heteroatoms. The minimum atomic E-state index is -4.01. The zero-order chi connectivity index (χ0) is 17.9. The van der Waals surface area contributed by atoms with Gasteiger partial charge in [0.15, 0.2) is 0 Å². The van der Waals surface area contributed by atoms with E-state index in [-0.39, 0.29) is 22.4 Å². The number of hydrogen-bond donors (Lipinski definition) is 0. The van der Waals surface area contributed by atoms with Gasteiger partial charge in [-0.25, -0.2) is 0 Å². The van der Waals surface area contributed by atoms with E-state index in [1.165, 1.54) is 0 Å². The first-order valence-electron chi connectivity index (χ1n) is 2.31. The number of halogens is 5. The van der Waals surface area contributed by atoms with Crippen molar-refractivity contribution < 1.29 is 179 Å². The molecule has 0 spiro atoms. The second kappa shape index (κ2) is 35.0. The number of hydrogen-bond acceptors (Lipinski definition) is 15. The van der Waals surface area contributed by atoms with Gasteiger partial charge in [0.1, 0.15) is 0 Å². The van der Waals surface area contributed by atoms with Gasteiger partial charge in [-0.1, -0.05) is 0 Å². The average Bonchev–Trinajstić information content (AvgIpc) is 1.94. The molecule has 0 aromatic carbocycles. The van der Waals surface area contributed by atoms with Gasteiger partial charge in [0.25, 0.3) is 105 Å². The molecule has 0 atom stereocenters. The van der Waals surface area contributed by atoms with Gasteiger partial charge >= 0.3 is 22.4 Å². The van der Waals surface area contributed by atoms with Gasteiger partial charge in [-0.15, -0.1) is 0 Å². The van der Waals surface area contributed by atoms with E-state index in [0.29, 0.717) is 0 Å². The fraction of sp³-hybridized carbons (Fsp3) is 0. The summed E-state index contributed by atoms with van der Waals surface area (Å²) in [4.78, 5) is 0. The molecule has 0 rings (SSSR count). The Morgan fingerprint density at radius 3 is 0.238 bits per heavy atom. The molecule has 0 aliphatic carbocycles. The summed E-state index contributed by atoms with van der Waals surface area (Å²) >= 11 is -20.1. The molecule has 21 heavy (non-hydrogen) atoms. The van der Waals surface area contributed by atoms with E-state index >= 15 is 0 Å². The van der Waals surface area contributed by atoms with Crippen molar-refractivity contribution in [2.75, 3.05) is 0 Å². The first kappa shape index (κ1) is 39.7. The maximum atomic E-state index is 8.57. The predicted molar refractivity (Wildman–Crippen MR) is 0 cm³/mol. The van der Waals surface area contributed by atoms with E-state index < -0.39 is 105 Å². The Kier molecular flexibility index (Phi) is 66.2.